The zero-order valence-corrected chi connectivity index (χ0v) is 33.3. The van der Waals surface area contributed by atoms with Crippen LogP contribution in [0, 0.1) is 0 Å². The third-order valence-electron chi connectivity index (χ3n) is 9.36. The molecule has 1 amide bonds. The van der Waals surface area contributed by atoms with Gasteiger partial charge in [-0.3, -0.25) is 0 Å². The van der Waals surface area contributed by atoms with Crippen LogP contribution in [0.4, 0.5) is 0 Å². The molecular formula is C37H53NO5SeSi2. The van der Waals surface area contributed by atoms with Crippen molar-refractivity contribution in [2.45, 2.75) is 102 Å². The predicted octanol–water partition coefficient (Wildman–Crippen LogP) is 8.18. The second-order valence-corrected chi connectivity index (χ2v) is 26.9. The standard InChI is InChI=1S/C37H53NO5SeSi2/c1-35(2,3)45(8,9)42-31-23-22-28(26-32(31)43-46(10,11)36(4,5)6)27-37(34(40)41-7,24-25-44-30-20-16-13-17-21-30)38-33(39)29-18-14-12-15-19-29/h12-23,26H,24-25,27H2,1-11H3,(H,38,39)/t37-/m0/s1. The molecule has 0 saturated carbocycles. The first-order valence-electron chi connectivity index (χ1n) is 15.9. The van der Waals surface area contributed by atoms with Crippen molar-refractivity contribution in [3.8, 4) is 11.5 Å². The molecule has 0 radical (unpaired) electrons. The van der Waals surface area contributed by atoms with Crippen LogP contribution in [0.25, 0.3) is 0 Å². The van der Waals surface area contributed by atoms with E-state index in [1.165, 1.54) is 11.6 Å². The van der Waals surface area contributed by atoms with Crippen molar-refractivity contribution in [3.05, 3.63) is 90.0 Å². The van der Waals surface area contributed by atoms with Crippen molar-refractivity contribution in [2.75, 3.05) is 7.11 Å². The molecule has 46 heavy (non-hydrogen) atoms. The molecular weight excluding hydrogens is 674 g/mol. The number of hydrogen-bond donors (Lipinski definition) is 1. The van der Waals surface area contributed by atoms with Gasteiger partial charge in [0.25, 0.3) is 0 Å². The number of ether oxygens (including phenoxy) is 1. The van der Waals surface area contributed by atoms with Gasteiger partial charge in [0.1, 0.15) is 0 Å². The first kappa shape index (κ1) is 37.6. The Balaban J connectivity index is 2.09. The third-order valence-corrected chi connectivity index (χ3v) is 20.2. The molecule has 0 heterocycles. The molecule has 3 aromatic rings. The van der Waals surface area contributed by atoms with E-state index in [1.807, 2.05) is 54.6 Å². The molecule has 1 atom stereocenters. The SMILES string of the molecule is COC(=O)[C@](CC[Se]c1ccccc1)(Cc1ccc(O[Si](C)(C)C(C)(C)C)c(O[Si](C)(C)C(C)(C)C)c1)NC(=O)c1ccccc1. The van der Waals surface area contributed by atoms with Crippen molar-refractivity contribution < 1.29 is 23.2 Å². The van der Waals surface area contributed by atoms with Crippen molar-refractivity contribution in [1.29, 1.82) is 0 Å². The number of rotatable bonds is 13. The van der Waals surface area contributed by atoms with E-state index >= 15 is 0 Å². The Labute approximate surface area is 285 Å². The van der Waals surface area contributed by atoms with Gasteiger partial charge in [0, 0.05) is 0 Å². The molecule has 0 spiro atoms. The van der Waals surface area contributed by atoms with Crippen LogP contribution < -0.4 is 18.6 Å². The number of benzene rings is 3. The van der Waals surface area contributed by atoms with E-state index in [4.69, 9.17) is 13.6 Å². The van der Waals surface area contributed by atoms with Crippen molar-refractivity contribution in [2.24, 2.45) is 0 Å². The number of nitrogens with one attached hydrogen (secondary N) is 1. The fraction of sp³-hybridized carbons (Fsp3) is 0.459. The van der Waals surface area contributed by atoms with Crippen LogP contribution in [-0.2, 0) is 16.0 Å². The second-order valence-electron chi connectivity index (χ2n) is 15.0. The molecule has 0 aliphatic carbocycles. The van der Waals surface area contributed by atoms with Gasteiger partial charge in [-0.15, -0.1) is 0 Å². The Hall–Kier alpha value is -2.85. The quantitative estimate of drug-likeness (QED) is 0.142. The van der Waals surface area contributed by atoms with Gasteiger partial charge in [-0.25, -0.2) is 0 Å². The summed E-state index contributed by atoms with van der Waals surface area (Å²) in [5.74, 6) is 0.642. The molecule has 3 aromatic carbocycles. The molecule has 0 aliphatic heterocycles. The van der Waals surface area contributed by atoms with E-state index in [0.717, 1.165) is 16.6 Å². The van der Waals surface area contributed by atoms with Gasteiger partial charge < -0.3 is 0 Å². The van der Waals surface area contributed by atoms with Gasteiger partial charge >= 0.3 is 287 Å². The maximum atomic E-state index is 13.8. The second kappa shape index (κ2) is 14.9. The topological polar surface area (TPSA) is 73.9 Å². The number of esters is 1. The van der Waals surface area contributed by atoms with Gasteiger partial charge in [0.2, 0.25) is 0 Å². The van der Waals surface area contributed by atoms with Crippen molar-refractivity contribution >= 4 is 47.9 Å². The molecule has 9 heteroatoms. The van der Waals surface area contributed by atoms with E-state index in [0.29, 0.717) is 17.7 Å². The third kappa shape index (κ3) is 9.60. The number of carbonyl (C=O) groups is 2. The van der Waals surface area contributed by atoms with E-state index in [9.17, 15) is 9.59 Å². The van der Waals surface area contributed by atoms with Crippen LogP contribution in [-0.4, -0.2) is 56.1 Å². The molecule has 1 N–H and O–H groups in total. The van der Waals surface area contributed by atoms with Crippen LogP contribution in [0.1, 0.15) is 63.9 Å². The number of hydrogen-bond acceptors (Lipinski definition) is 5. The summed E-state index contributed by atoms with van der Waals surface area (Å²) in [6, 6.07) is 25.3. The Morgan fingerprint density at radius 1 is 0.739 bits per heavy atom. The van der Waals surface area contributed by atoms with Crippen LogP contribution >= 0.6 is 0 Å². The molecule has 250 valence electrons. The monoisotopic (exact) mass is 727 g/mol. The molecule has 3 rings (SSSR count). The van der Waals surface area contributed by atoms with Crippen LogP contribution in [0.3, 0.4) is 0 Å². The van der Waals surface area contributed by atoms with Gasteiger partial charge in [-0.2, -0.15) is 0 Å². The molecule has 0 unspecified atom stereocenters. The average molecular weight is 727 g/mol. The van der Waals surface area contributed by atoms with Crippen molar-refractivity contribution in [3.63, 3.8) is 0 Å². The van der Waals surface area contributed by atoms with Crippen LogP contribution in [0.5, 0.6) is 11.5 Å². The molecule has 6 nitrogen and oxygen atoms in total. The summed E-state index contributed by atoms with van der Waals surface area (Å²) in [6.07, 6.45) is 0.672. The minimum atomic E-state index is -2.26. The predicted molar refractivity (Wildman–Crippen MR) is 196 cm³/mol. The van der Waals surface area contributed by atoms with E-state index in [-0.39, 0.29) is 37.4 Å². The van der Waals surface area contributed by atoms with E-state index in [1.54, 1.807) is 12.1 Å². The Morgan fingerprint density at radius 3 is 1.78 bits per heavy atom. The van der Waals surface area contributed by atoms with Gasteiger partial charge in [0.05, 0.1) is 0 Å². The Bertz CT molecular complexity index is 1470. The van der Waals surface area contributed by atoms with Crippen molar-refractivity contribution in [1.82, 2.24) is 5.32 Å². The molecule has 0 saturated heterocycles. The van der Waals surface area contributed by atoms with E-state index in [2.05, 4.69) is 85.2 Å². The Morgan fingerprint density at radius 2 is 1.26 bits per heavy atom. The van der Waals surface area contributed by atoms with Gasteiger partial charge in [-0.1, -0.05) is 0 Å². The number of methoxy groups -OCH3 is 1. The summed E-state index contributed by atoms with van der Waals surface area (Å²) in [5, 5.41) is 3.84. The molecule has 0 aliphatic rings. The number of carbonyl (C=O) groups excluding carboxylic acids is 2. The first-order valence-corrected chi connectivity index (χ1v) is 23.8. The summed E-state index contributed by atoms with van der Waals surface area (Å²) in [5.41, 5.74) is 0.0699. The summed E-state index contributed by atoms with van der Waals surface area (Å²) in [4.78, 5) is 27.4. The fourth-order valence-corrected chi connectivity index (χ4v) is 8.60. The average Bonchev–Trinajstić information content (AvgIpc) is 2.97. The zero-order chi connectivity index (χ0) is 34.4. The maximum absolute atomic E-state index is 13.8. The fourth-order valence-electron chi connectivity index (χ4n) is 4.39. The van der Waals surface area contributed by atoms with Crippen LogP contribution in [0.2, 0.25) is 41.6 Å². The van der Waals surface area contributed by atoms with Crippen LogP contribution in [0.15, 0.2) is 78.9 Å². The molecule has 0 fully saturated rings. The number of amides is 1. The summed E-state index contributed by atoms with van der Waals surface area (Å²) >= 11 is 0.107. The minimum absolute atomic E-state index is 0.00216. The summed E-state index contributed by atoms with van der Waals surface area (Å²) < 4.78 is 20.4. The van der Waals surface area contributed by atoms with Gasteiger partial charge in [-0.05, 0) is 0 Å². The normalized spacial score (nSPS) is 13.8. The molecule has 0 bridgehead atoms. The van der Waals surface area contributed by atoms with Gasteiger partial charge in [0.15, 0.2) is 0 Å². The Kier molecular flexibility index (Phi) is 12.2. The van der Waals surface area contributed by atoms with E-state index < -0.39 is 28.1 Å². The zero-order valence-electron chi connectivity index (χ0n) is 29.6. The summed E-state index contributed by atoms with van der Waals surface area (Å²) in [7, 11) is -3.06. The molecule has 0 aromatic heterocycles. The summed E-state index contributed by atoms with van der Waals surface area (Å²) in [6.45, 7) is 22.2. The first-order chi connectivity index (χ1) is 21.3.